The van der Waals surface area contributed by atoms with E-state index in [1.165, 1.54) is 0 Å². The second-order valence-corrected chi connectivity index (χ2v) is 8.96. The number of pyridine rings is 1. The molecule has 0 radical (unpaired) electrons. The van der Waals surface area contributed by atoms with Crippen LogP contribution in [0, 0.1) is 0 Å². The van der Waals surface area contributed by atoms with Gasteiger partial charge in [-0.2, -0.15) is 0 Å². The SMILES string of the molecule is O=C(c1ccc(-c2ccc(Cl)c(Cl)c2)cc1)N1CCC(Oc2cccc3cccnc23)CC1. The van der Waals surface area contributed by atoms with E-state index in [4.69, 9.17) is 27.9 Å². The van der Waals surface area contributed by atoms with Crippen LogP contribution in [0.3, 0.4) is 0 Å². The molecule has 0 unspecified atom stereocenters. The molecule has 5 rings (SSSR count). The van der Waals surface area contributed by atoms with Crippen molar-refractivity contribution >= 4 is 40.0 Å². The summed E-state index contributed by atoms with van der Waals surface area (Å²) in [7, 11) is 0. The van der Waals surface area contributed by atoms with E-state index in [0.717, 1.165) is 40.6 Å². The van der Waals surface area contributed by atoms with E-state index in [2.05, 4.69) is 4.98 Å². The third kappa shape index (κ3) is 4.68. The first kappa shape index (κ1) is 21.7. The summed E-state index contributed by atoms with van der Waals surface area (Å²) < 4.78 is 6.26. The van der Waals surface area contributed by atoms with Crippen molar-refractivity contribution in [1.82, 2.24) is 9.88 Å². The van der Waals surface area contributed by atoms with Crippen LogP contribution in [0.5, 0.6) is 5.75 Å². The molecule has 0 atom stereocenters. The molecule has 0 bridgehead atoms. The Balaban J connectivity index is 1.22. The van der Waals surface area contributed by atoms with Crippen LogP contribution in [0.1, 0.15) is 23.2 Å². The number of hydrogen-bond donors (Lipinski definition) is 0. The van der Waals surface area contributed by atoms with Gasteiger partial charge in [0.1, 0.15) is 17.4 Å². The van der Waals surface area contributed by atoms with Crippen molar-refractivity contribution in [1.29, 1.82) is 0 Å². The second-order valence-electron chi connectivity index (χ2n) is 8.15. The number of piperidine rings is 1. The Bertz CT molecular complexity index is 1290. The average Bonchev–Trinajstić information content (AvgIpc) is 2.86. The number of likely N-dealkylation sites (tertiary alicyclic amines) is 1. The van der Waals surface area contributed by atoms with Crippen LogP contribution in [-0.2, 0) is 0 Å². The van der Waals surface area contributed by atoms with Crippen LogP contribution < -0.4 is 4.74 Å². The lowest BCUT2D eigenvalue weighted by molar-refractivity contribution is 0.0597. The third-order valence-electron chi connectivity index (χ3n) is 6.00. The van der Waals surface area contributed by atoms with Gasteiger partial charge in [0.15, 0.2) is 0 Å². The number of para-hydroxylation sites is 1. The molecular formula is C27H22Cl2N2O2. The second kappa shape index (κ2) is 9.42. The molecule has 1 aliphatic heterocycles. The number of aromatic nitrogens is 1. The van der Waals surface area contributed by atoms with E-state index in [0.29, 0.717) is 28.7 Å². The average molecular weight is 477 g/mol. The molecule has 2 heterocycles. The third-order valence-corrected chi connectivity index (χ3v) is 6.74. The van der Waals surface area contributed by atoms with E-state index in [-0.39, 0.29) is 12.0 Å². The lowest BCUT2D eigenvalue weighted by atomic mass is 10.0. The van der Waals surface area contributed by atoms with Crippen molar-refractivity contribution in [3.8, 4) is 16.9 Å². The zero-order valence-electron chi connectivity index (χ0n) is 17.9. The molecule has 6 heteroatoms. The molecular weight excluding hydrogens is 455 g/mol. The van der Waals surface area contributed by atoms with Gasteiger partial charge in [-0.1, -0.05) is 59.6 Å². The minimum absolute atomic E-state index is 0.0426. The van der Waals surface area contributed by atoms with Crippen LogP contribution in [0.25, 0.3) is 22.0 Å². The standard InChI is InChI=1S/C27H22Cl2N2O2/c28-23-11-10-21(17-24(23)29)18-6-8-20(9-7-18)27(32)31-15-12-22(13-16-31)33-25-5-1-3-19-4-2-14-30-26(19)25/h1-11,14,17,22H,12-13,15-16H2. The van der Waals surface area contributed by atoms with E-state index in [9.17, 15) is 4.79 Å². The van der Waals surface area contributed by atoms with Crippen molar-refractivity contribution in [2.75, 3.05) is 13.1 Å². The molecule has 0 saturated carbocycles. The molecule has 3 aromatic carbocycles. The van der Waals surface area contributed by atoms with Gasteiger partial charge in [0.25, 0.3) is 5.91 Å². The van der Waals surface area contributed by atoms with Crippen LogP contribution in [0.2, 0.25) is 10.0 Å². The quantitative estimate of drug-likeness (QED) is 0.321. The van der Waals surface area contributed by atoms with Crippen molar-refractivity contribution < 1.29 is 9.53 Å². The molecule has 166 valence electrons. The van der Waals surface area contributed by atoms with Crippen LogP contribution >= 0.6 is 23.2 Å². The molecule has 1 aromatic heterocycles. The fraction of sp³-hybridized carbons (Fsp3) is 0.185. The number of nitrogens with zero attached hydrogens (tertiary/aromatic N) is 2. The zero-order valence-corrected chi connectivity index (χ0v) is 19.4. The lowest BCUT2D eigenvalue weighted by Gasteiger charge is -2.32. The maximum atomic E-state index is 13.0. The smallest absolute Gasteiger partial charge is 0.253 e. The summed E-state index contributed by atoms with van der Waals surface area (Å²) in [4.78, 5) is 19.4. The van der Waals surface area contributed by atoms with E-state index in [1.54, 1.807) is 12.3 Å². The maximum Gasteiger partial charge on any atom is 0.253 e. The first-order valence-corrected chi connectivity index (χ1v) is 11.7. The molecule has 4 aromatic rings. The highest BCUT2D eigenvalue weighted by Gasteiger charge is 2.25. The summed E-state index contributed by atoms with van der Waals surface area (Å²) in [6, 6.07) is 23.1. The first-order chi connectivity index (χ1) is 16.1. The van der Waals surface area contributed by atoms with Gasteiger partial charge in [-0.15, -0.1) is 0 Å². The van der Waals surface area contributed by atoms with Crippen LogP contribution in [0.15, 0.2) is 79.0 Å². The minimum Gasteiger partial charge on any atom is -0.488 e. The van der Waals surface area contributed by atoms with Crippen molar-refractivity contribution in [3.63, 3.8) is 0 Å². The fourth-order valence-electron chi connectivity index (χ4n) is 4.19. The van der Waals surface area contributed by atoms with Gasteiger partial charge in [0.2, 0.25) is 0 Å². The Morgan fingerprint density at radius 1 is 0.879 bits per heavy atom. The normalized spacial score (nSPS) is 14.4. The first-order valence-electron chi connectivity index (χ1n) is 10.9. The summed E-state index contributed by atoms with van der Waals surface area (Å²) in [5, 5.41) is 2.10. The fourth-order valence-corrected chi connectivity index (χ4v) is 4.49. The van der Waals surface area contributed by atoms with Gasteiger partial charge < -0.3 is 9.64 Å². The number of fused-ring (bicyclic) bond motifs is 1. The van der Waals surface area contributed by atoms with Gasteiger partial charge in [-0.05, 0) is 47.5 Å². The lowest BCUT2D eigenvalue weighted by Crippen LogP contribution is -2.41. The molecule has 1 amide bonds. The largest absolute Gasteiger partial charge is 0.488 e. The maximum absolute atomic E-state index is 13.0. The summed E-state index contributed by atoms with van der Waals surface area (Å²) in [5.41, 5.74) is 3.50. The number of amides is 1. The van der Waals surface area contributed by atoms with Crippen LogP contribution in [0.4, 0.5) is 0 Å². The predicted octanol–water partition coefficient (Wildman–Crippen LogP) is 6.89. The van der Waals surface area contributed by atoms with E-state index in [1.807, 2.05) is 71.6 Å². The topological polar surface area (TPSA) is 42.4 Å². The Hall–Kier alpha value is -3.08. The highest BCUT2D eigenvalue weighted by Crippen LogP contribution is 2.29. The number of rotatable bonds is 4. The highest BCUT2D eigenvalue weighted by molar-refractivity contribution is 6.42. The Morgan fingerprint density at radius 3 is 2.36 bits per heavy atom. The van der Waals surface area contributed by atoms with Gasteiger partial charge in [-0.25, -0.2) is 0 Å². The minimum atomic E-state index is 0.0426. The molecule has 4 nitrogen and oxygen atoms in total. The Kier molecular flexibility index (Phi) is 6.21. The number of halogens is 2. The van der Waals surface area contributed by atoms with Crippen molar-refractivity contribution in [2.45, 2.75) is 18.9 Å². The van der Waals surface area contributed by atoms with E-state index >= 15 is 0 Å². The summed E-state index contributed by atoms with van der Waals surface area (Å²) in [5.74, 6) is 0.844. The Labute approximate surface area is 202 Å². The highest BCUT2D eigenvalue weighted by atomic mass is 35.5. The summed E-state index contributed by atoms with van der Waals surface area (Å²) >= 11 is 12.1. The number of benzene rings is 3. The molecule has 0 N–H and O–H groups in total. The van der Waals surface area contributed by atoms with E-state index < -0.39 is 0 Å². The molecule has 1 saturated heterocycles. The molecule has 0 aliphatic carbocycles. The number of hydrogen-bond acceptors (Lipinski definition) is 3. The van der Waals surface area contributed by atoms with Crippen molar-refractivity contribution in [2.24, 2.45) is 0 Å². The molecule has 0 spiro atoms. The Morgan fingerprint density at radius 2 is 1.61 bits per heavy atom. The summed E-state index contributed by atoms with van der Waals surface area (Å²) in [6.07, 6.45) is 3.43. The van der Waals surface area contributed by atoms with Crippen molar-refractivity contribution in [3.05, 3.63) is 94.6 Å². The molecule has 33 heavy (non-hydrogen) atoms. The molecule has 1 aliphatic rings. The van der Waals surface area contributed by atoms with Crippen LogP contribution in [-0.4, -0.2) is 35.0 Å². The zero-order chi connectivity index (χ0) is 22.8. The van der Waals surface area contributed by atoms with Gasteiger partial charge in [-0.3, -0.25) is 9.78 Å². The number of carbonyl (C=O) groups excluding carboxylic acids is 1. The van der Waals surface area contributed by atoms with Gasteiger partial charge >= 0.3 is 0 Å². The number of ether oxygens (including phenoxy) is 1. The van der Waals surface area contributed by atoms with Gasteiger partial charge in [0, 0.05) is 43.1 Å². The molecule has 1 fully saturated rings. The number of carbonyl (C=O) groups is 1. The monoisotopic (exact) mass is 476 g/mol. The predicted molar refractivity (Wildman–Crippen MR) is 133 cm³/mol. The summed E-state index contributed by atoms with van der Waals surface area (Å²) in [6.45, 7) is 1.33. The van der Waals surface area contributed by atoms with Gasteiger partial charge in [0.05, 0.1) is 10.0 Å².